The van der Waals surface area contributed by atoms with Crippen molar-refractivity contribution in [1.82, 2.24) is 16.0 Å². The van der Waals surface area contributed by atoms with Crippen LogP contribution >= 0.6 is 0 Å². The Labute approximate surface area is 387 Å². The number of amides is 3. The van der Waals surface area contributed by atoms with Gasteiger partial charge in [0.2, 0.25) is 18.2 Å². The normalized spacial score (nSPS) is 46.0. The standard InChI is InChI=1S/C38H65N3O27/c1-11-21(49)26(54)28(56)37(61-11)67-32-20(41-13(3)48)34(62-16(6-44)23(32)51)60-9-18-24(52)33(68-35-19(40-12(2)47)25(53)22(50)15(5-43)63-35)30(58)38(65-18)66-31-17(7-45)64-36(29(57)27(31)55)59-8-14(4-42)39-10-46/h10-11,14-38,42-45,49-58H,4-9H2,1-3H3,(H,39,46)(H,40,47)(H,41,48)/t11-,14+,15+,16+,17+,18+,19+,20+,21+,22+,23+,24-,25+,26+,27+,28-,29+,30+,31+,32+,33-,34+,35-,36+,37-,38-/m0/s1. The van der Waals surface area contributed by atoms with E-state index in [1.54, 1.807) is 0 Å². The van der Waals surface area contributed by atoms with Crippen LogP contribution in [0.4, 0.5) is 0 Å². The summed E-state index contributed by atoms with van der Waals surface area (Å²) in [6.45, 7) is -1.17. The Morgan fingerprint density at radius 2 is 1.03 bits per heavy atom. The minimum atomic E-state index is -2.18. The Morgan fingerprint density at radius 1 is 0.515 bits per heavy atom. The first-order valence-corrected chi connectivity index (χ1v) is 21.7. The second kappa shape index (κ2) is 25.2. The third-order valence-corrected chi connectivity index (χ3v) is 12.0. The van der Waals surface area contributed by atoms with Crippen LogP contribution in [0.25, 0.3) is 0 Å². The Kier molecular flexibility index (Phi) is 20.9. The van der Waals surface area contributed by atoms with Gasteiger partial charge in [-0.15, -0.1) is 0 Å². The molecule has 5 aliphatic rings. The maximum Gasteiger partial charge on any atom is 0.217 e. The van der Waals surface area contributed by atoms with E-state index in [-0.39, 0.29) is 6.41 Å². The fraction of sp³-hybridized carbons (Fsp3) is 0.921. The van der Waals surface area contributed by atoms with E-state index >= 15 is 0 Å². The van der Waals surface area contributed by atoms with Crippen LogP contribution in [0.1, 0.15) is 20.8 Å². The Bertz CT molecular complexity index is 1590. The summed E-state index contributed by atoms with van der Waals surface area (Å²) in [6.07, 6.45) is -40.9. The molecule has 0 bridgehead atoms. The summed E-state index contributed by atoms with van der Waals surface area (Å²) >= 11 is 0. The summed E-state index contributed by atoms with van der Waals surface area (Å²) in [5.74, 6) is -1.52. The fourth-order valence-electron chi connectivity index (χ4n) is 8.26. The molecule has 0 unspecified atom stereocenters. The maximum absolute atomic E-state index is 12.6. The second-order valence-corrected chi connectivity index (χ2v) is 16.9. The van der Waals surface area contributed by atoms with Gasteiger partial charge in [0.05, 0.1) is 51.8 Å². The van der Waals surface area contributed by atoms with Crippen molar-refractivity contribution >= 4 is 18.2 Å². The minimum Gasteiger partial charge on any atom is -0.394 e. The van der Waals surface area contributed by atoms with E-state index in [9.17, 15) is 85.9 Å². The van der Waals surface area contributed by atoms with Crippen LogP contribution in [0.15, 0.2) is 0 Å². The van der Waals surface area contributed by atoms with Crippen LogP contribution in [-0.2, 0) is 61.8 Å². The second-order valence-electron chi connectivity index (χ2n) is 16.9. The lowest BCUT2D eigenvalue weighted by atomic mass is 9.94. The predicted octanol–water partition coefficient (Wildman–Crippen LogP) is -11.5. The number of ether oxygens (including phenoxy) is 10. The van der Waals surface area contributed by atoms with Crippen LogP contribution in [0.2, 0.25) is 0 Å². The van der Waals surface area contributed by atoms with Gasteiger partial charge in [-0.05, 0) is 6.92 Å². The topological polar surface area (TPSA) is 463 Å². The Balaban J connectivity index is 1.44. The molecule has 30 nitrogen and oxygen atoms in total. The van der Waals surface area contributed by atoms with Crippen molar-refractivity contribution in [1.29, 1.82) is 0 Å². The van der Waals surface area contributed by atoms with Gasteiger partial charge in [0.1, 0.15) is 116 Å². The Hall–Kier alpha value is -2.55. The third-order valence-electron chi connectivity index (χ3n) is 12.0. The van der Waals surface area contributed by atoms with Crippen LogP contribution in [-0.4, -0.2) is 289 Å². The number of carbonyl (C=O) groups is 3. The van der Waals surface area contributed by atoms with E-state index in [1.165, 1.54) is 6.92 Å². The molecule has 0 radical (unpaired) electrons. The maximum atomic E-state index is 12.6. The van der Waals surface area contributed by atoms with Gasteiger partial charge in [0.15, 0.2) is 31.5 Å². The first-order valence-electron chi connectivity index (χ1n) is 21.7. The van der Waals surface area contributed by atoms with Crippen molar-refractivity contribution < 1.29 is 133 Å². The molecular formula is C38H65N3O27. The molecular weight excluding hydrogens is 930 g/mol. The van der Waals surface area contributed by atoms with E-state index in [2.05, 4.69) is 16.0 Å². The van der Waals surface area contributed by atoms with E-state index in [0.717, 1.165) is 13.8 Å². The van der Waals surface area contributed by atoms with Crippen LogP contribution in [0.5, 0.6) is 0 Å². The fourth-order valence-corrected chi connectivity index (χ4v) is 8.26. The summed E-state index contributed by atoms with van der Waals surface area (Å²) in [5.41, 5.74) is 0. The summed E-state index contributed by atoms with van der Waals surface area (Å²) in [5, 5.41) is 157. The van der Waals surface area contributed by atoms with Gasteiger partial charge in [-0.2, -0.15) is 0 Å². The van der Waals surface area contributed by atoms with E-state index in [1.807, 2.05) is 0 Å². The van der Waals surface area contributed by atoms with E-state index in [4.69, 9.17) is 47.4 Å². The summed E-state index contributed by atoms with van der Waals surface area (Å²) in [6, 6.07) is -4.16. The van der Waals surface area contributed by atoms with Crippen molar-refractivity contribution in [3.8, 4) is 0 Å². The number of nitrogens with one attached hydrogen (secondary N) is 3. The zero-order valence-electron chi connectivity index (χ0n) is 36.9. The average Bonchev–Trinajstić information content (AvgIpc) is 3.30. The molecule has 5 heterocycles. The van der Waals surface area contributed by atoms with Crippen molar-refractivity contribution in [2.24, 2.45) is 0 Å². The number of aliphatic hydroxyl groups is 14. The molecule has 394 valence electrons. The molecule has 3 amide bonds. The Morgan fingerprint density at radius 3 is 1.63 bits per heavy atom. The van der Waals surface area contributed by atoms with Crippen LogP contribution < -0.4 is 16.0 Å². The van der Waals surface area contributed by atoms with Crippen LogP contribution in [0.3, 0.4) is 0 Å². The molecule has 0 spiro atoms. The van der Waals surface area contributed by atoms with Crippen LogP contribution in [0, 0.1) is 0 Å². The molecule has 5 rings (SSSR count). The zero-order chi connectivity index (χ0) is 50.3. The predicted molar refractivity (Wildman–Crippen MR) is 212 cm³/mol. The lowest BCUT2D eigenvalue weighted by Gasteiger charge is -2.49. The van der Waals surface area contributed by atoms with Crippen molar-refractivity contribution in [2.75, 3.05) is 39.6 Å². The molecule has 5 saturated heterocycles. The molecule has 68 heavy (non-hydrogen) atoms. The van der Waals surface area contributed by atoms with Gasteiger partial charge in [-0.1, -0.05) is 0 Å². The largest absolute Gasteiger partial charge is 0.394 e. The van der Waals surface area contributed by atoms with Gasteiger partial charge in [0.25, 0.3) is 0 Å². The van der Waals surface area contributed by atoms with Gasteiger partial charge < -0.3 is 135 Å². The third kappa shape index (κ3) is 12.9. The van der Waals surface area contributed by atoms with Crippen molar-refractivity contribution in [3.05, 3.63) is 0 Å². The summed E-state index contributed by atoms with van der Waals surface area (Å²) in [7, 11) is 0. The number of aliphatic hydroxyl groups excluding tert-OH is 14. The summed E-state index contributed by atoms with van der Waals surface area (Å²) < 4.78 is 57.7. The van der Waals surface area contributed by atoms with Crippen molar-refractivity contribution in [2.45, 2.75) is 180 Å². The molecule has 17 N–H and O–H groups in total. The van der Waals surface area contributed by atoms with Crippen molar-refractivity contribution in [3.63, 3.8) is 0 Å². The molecule has 0 aromatic carbocycles. The molecule has 0 aliphatic carbocycles. The molecule has 0 saturated carbocycles. The first-order chi connectivity index (χ1) is 32.2. The minimum absolute atomic E-state index is 0.279. The highest BCUT2D eigenvalue weighted by Gasteiger charge is 2.56. The molecule has 0 aromatic rings. The molecule has 26 atom stereocenters. The van der Waals surface area contributed by atoms with Gasteiger partial charge in [0, 0.05) is 13.8 Å². The highest BCUT2D eigenvalue weighted by molar-refractivity contribution is 5.73. The van der Waals surface area contributed by atoms with E-state index < -0.39 is 211 Å². The molecule has 5 fully saturated rings. The quantitative estimate of drug-likeness (QED) is 0.0504. The number of carbonyl (C=O) groups excluding carboxylic acids is 3. The SMILES string of the molecule is CC(=O)N[C@H]1[C@H](O[C@H]2[C@@H](O)[C@@H](CO[C@@H]3O[C@H](CO)[C@@H](O)[C@H](O[C@@H]4O[C@@H](C)[C@@H](O)[C@@H](O)[C@@H]4O)[C@H]3NC(C)=O)O[C@@H](O[C@H]3[C@H](O)[C@@H](O)[C@H](OC[C@@H](CO)NC=O)O[C@@H]3CO)[C@@H]2O)O[C@H](CO)[C@@H](O)[C@@H]1O. The molecule has 30 heteroatoms. The number of hydrogen-bond acceptors (Lipinski definition) is 27. The van der Waals surface area contributed by atoms with Gasteiger partial charge in [-0.3, -0.25) is 14.4 Å². The number of rotatable bonds is 20. The highest BCUT2D eigenvalue weighted by atomic mass is 16.8. The first kappa shape index (κ1) is 56.4. The average molecular weight is 996 g/mol. The highest BCUT2D eigenvalue weighted by Crippen LogP contribution is 2.35. The lowest BCUT2D eigenvalue weighted by Crippen LogP contribution is -2.69. The molecule has 0 aromatic heterocycles. The number of hydrogen-bond donors (Lipinski definition) is 17. The van der Waals surface area contributed by atoms with Gasteiger partial charge >= 0.3 is 0 Å². The lowest BCUT2D eigenvalue weighted by molar-refractivity contribution is -0.380. The molecule has 5 aliphatic heterocycles. The van der Waals surface area contributed by atoms with E-state index in [0.29, 0.717) is 0 Å². The monoisotopic (exact) mass is 995 g/mol. The zero-order valence-corrected chi connectivity index (χ0v) is 36.9. The summed E-state index contributed by atoms with van der Waals surface area (Å²) in [4.78, 5) is 35.6. The van der Waals surface area contributed by atoms with Gasteiger partial charge in [-0.25, -0.2) is 0 Å². The smallest absolute Gasteiger partial charge is 0.217 e.